The van der Waals surface area contributed by atoms with E-state index in [0.717, 1.165) is 19.6 Å². The minimum atomic E-state index is 0.175. The third-order valence-electron chi connectivity index (χ3n) is 2.73. The Morgan fingerprint density at radius 1 is 1.69 bits per heavy atom. The second kappa shape index (κ2) is 3.78. The van der Waals surface area contributed by atoms with E-state index in [1.165, 1.54) is 10.4 Å². The van der Waals surface area contributed by atoms with Crippen molar-refractivity contribution in [1.29, 1.82) is 0 Å². The summed E-state index contributed by atoms with van der Waals surface area (Å²) in [6.45, 7) is 3.84. The van der Waals surface area contributed by atoms with Gasteiger partial charge in [-0.25, -0.2) is 0 Å². The molecular formula is C10H15NOS. The van der Waals surface area contributed by atoms with Crippen molar-refractivity contribution in [3.63, 3.8) is 0 Å². The molecule has 0 spiro atoms. The number of rotatable bonds is 2. The van der Waals surface area contributed by atoms with Crippen molar-refractivity contribution in [3.05, 3.63) is 21.9 Å². The van der Waals surface area contributed by atoms with E-state index in [2.05, 4.69) is 18.4 Å². The summed E-state index contributed by atoms with van der Waals surface area (Å²) < 4.78 is 5.34. The molecule has 13 heavy (non-hydrogen) atoms. The molecule has 0 saturated carbocycles. The van der Waals surface area contributed by atoms with Crippen LogP contribution in [0.2, 0.25) is 0 Å². The van der Waals surface area contributed by atoms with Gasteiger partial charge in [-0.3, -0.25) is 0 Å². The Hall–Kier alpha value is -0.380. The zero-order valence-corrected chi connectivity index (χ0v) is 8.64. The molecule has 0 aromatic carbocycles. The van der Waals surface area contributed by atoms with Crippen molar-refractivity contribution in [2.75, 3.05) is 13.2 Å². The first-order valence-corrected chi connectivity index (χ1v) is 5.54. The lowest BCUT2D eigenvalue weighted by Crippen LogP contribution is -2.21. The molecule has 2 nitrogen and oxygen atoms in total. The minimum absolute atomic E-state index is 0.175. The molecule has 0 aliphatic carbocycles. The fraction of sp³-hybridized carbons (Fsp3) is 0.600. The molecule has 2 atom stereocenters. The topological polar surface area (TPSA) is 35.2 Å². The first-order valence-electron chi connectivity index (χ1n) is 4.66. The molecule has 1 aromatic rings. The first-order chi connectivity index (χ1) is 6.29. The maximum atomic E-state index is 6.17. The van der Waals surface area contributed by atoms with Gasteiger partial charge in [0.1, 0.15) is 0 Å². The highest BCUT2D eigenvalue weighted by molar-refractivity contribution is 7.10. The van der Waals surface area contributed by atoms with E-state index in [1.807, 2.05) is 0 Å². The van der Waals surface area contributed by atoms with Crippen LogP contribution in [0.25, 0.3) is 0 Å². The Balaban J connectivity index is 2.12. The quantitative estimate of drug-likeness (QED) is 0.788. The second-order valence-corrected chi connectivity index (χ2v) is 4.70. The van der Waals surface area contributed by atoms with E-state index >= 15 is 0 Å². The van der Waals surface area contributed by atoms with Crippen LogP contribution in [0, 0.1) is 12.8 Å². The zero-order valence-electron chi connectivity index (χ0n) is 7.82. The first kappa shape index (κ1) is 9.19. The average Bonchev–Trinajstić information content (AvgIpc) is 2.72. The van der Waals surface area contributed by atoms with E-state index in [0.29, 0.717) is 5.92 Å². The number of ether oxygens (including phenoxy) is 1. The molecule has 2 heterocycles. The maximum Gasteiger partial charge on any atom is 0.0513 e. The molecule has 0 amide bonds. The van der Waals surface area contributed by atoms with Crippen molar-refractivity contribution in [3.8, 4) is 0 Å². The van der Waals surface area contributed by atoms with Gasteiger partial charge in [-0.15, -0.1) is 11.3 Å². The summed E-state index contributed by atoms with van der Waals surface area (Å²) in [6.07, 6.45) is 1.11. The number of thiophene rings is 1. The Kier molecular flexibility index (Phi) is 2.67. The molecule has 1 saturated heterocycles. The fourth-order valence-electron chi connectivity index (χ4n) is 1.83. The van der Waals surface area contributed by atoms with Gasteiger partial charge in [-0.1, -0.05) is 0 Å². The lowest BCUT2D eigenvalue weighted by atomic mass is 9.94. The Morgan fingerprint density at radius 3 is 3.08 bits per heavy atom. The normalized spacial score (nSPS) is 24.9. The highest BCUT2D eigenvalue weighted by atomic mass is 32.1. The number of hydrogen-bond donors (Lipinski definition) is 1. The SMILES string of the molecule is Cc1sccc1C(N)C1CCOC1. The van der Waals surface area contributed by atoms with Gasteiger partial charge < -0.3 is 10.5 Å². The molecule has 0 bridgehead atoms. The van der Waals surface area contributed by atoms with Gasteiger partial charge >= 0.3 is 0 Å². The van der Waals surface area contributed by atoms with Crippen LogP contribution < -0.4 is 5.73 Å². The molecule has 72 valence electrons. The molecule has 2 rings (SSSR count). The highest BCUT2D eigenvalue weighted by Gasteiger charge is 2.25. The van der Waals surface area contributed by atoms with Crippen molar-refractivity contribution >= 4 is 11.3 Å². The molecule has 1 aliphatic rings. The summed E-state index contributed by atoms with van der Waals surface area (Å²) in [6, 6.07) is 2.32. The molecule has 2 N–H and O–H groups in total. The van der Waals surface area contributed by atoms with Gasteiger partial charge in [0.05, 0.1) is 6.61 Å². The van der Waals surface area contributed by atoms with Gasteiger partial charge in [-0.2, -0.15) is 0 Å². The van der Waals surface area contributed by atoms with Crippen LogP contribution in [0.3, 0.4) is 0 Å². The standard InChI is InChI=1S/C10H15NOS/c1-7-9(3-5-13-7)10(11)8-2-4-12-6-8/h3,5,8,10H,2,4,6,11H2,1H3. The number of hydrogen-bond acceptors (Lipinski definition) is 3. The largest absolute Gasteiger partial charge is 0.381 e. The average molecular weight is 197 g/mol. The van der Waals surface area contributed by atoms with E-state index in [-0.39, 0.29) is 6.04 Å². The summed E-state index contributed by atoms with van der Waals surface area (Å²) >= 11 is 1.77. The minimum Gasteiger partial charge on any atom is -0.381 e. The predicted octanol–water partition coefficient (Wildman–Crippen LogP) is 2.09. The van der Waals surface area contributed by atoms with Crippen molar-refractivity contribution in [2.24, 2.45) is 11.7 Å². The molecule has 3 heteroatoms. The van der Waals surface area contributed by atoms with Gasteiger partial charge in [0.15, 0.2) is 0 Å². The lowest BCUT2D eigenvalue weighted by Gasteiger charge is -2.17. The maximum absolute atomic E-state index is 6.17. The second-order valence-electron chi connectivity index (χ2n) is 3.58. The molecule has 0 radical (unpaired) electrons. The Labute approximate surface area is 82.7 Å². The van der Waals surface area contributed by atoms with Gasteiger partial charge in [0.25, 0.3) is 0 Å². The van der Waals surface area contributed by atoms with Crippen LogP contribution in [0.5, 0.6) is 0 Å². The Morgan fingerprint density at radius 2 is 2.54 bits per heavy atom. The van der Waals surface area contributed by atoms with E-state index in [1.54, 1.807) is 11.3 Å². The van der Waals surface area contributed by atoms with Crippen LogP contribution in [0.15, 0.2) is 11.4 Å². The monoisotopic (exact) mass is 197 g/mol. The van der Waals surface area contributed by atoms with Gasteiger partial charge in [0.2, 0.25) is 0 Å². The summed E-state index contributed by atoms with van der Waals surface area (Å²) in [5, 5.41) is 2.11. The molecule has 2 unspecified atom stereocenters. The molecule has 1 fully saturated rings. The smallest absolute Gasteiger partial charge is 0.0513 e. The number of aryl methyl sites for hydroxylation is 1. The van der Waals surface area contributed by atoms with Gasteiger partial charge in [0, 0.05) is 23.4 Å². The molecule has 1 aromatic heterocycles. The predicted molar refractivity (Wildman–Crippen MR) is 54.9 cm³/mol. The van der Waals surface area contributed by atoms with Crippen LogP contribution in [0.1, 0.15) is 22.9 Å². The highest BCUT2D eigenvalue weighted by Crippen LogP contribution is 2.30. The van der Waals surface area contributed by atoms with Crippen LogP contribution in [-0.2, 0) is 4.74 Å². The lowest BCUT2D eigenvalue weighted by molar-refractivity contribution is 0.181. The summed E-state index contributed by atoms with van der Waals surface area (Å²) in [5.74, 6) is 0.522. The Bertz CT molecular complexity index is 278. The third-order valence-corrected chi connectivity index (χ3v) is 3.59. The van der Waals surface area contributed by atoms with E-state index in [9.17, 15) is 0 Å². The summed E-state index contributed by atoms with van der Waals surface area (Å²) in [7, 11) is 0. The van der Waals surface area contributed by atoms with Crippen molar-refractivity contribution in [2.45, 2.75) is 19.4 Å². The summed E-state index contributed by atoms with van der Waals surface area (Å²) in [4.78, 5) is 1.35. The zero-order chi connectivity index (χ0) is 9.26. The van der Waals surface area contributed by atoms with Crippen LogP contribution in [-0.4, -0.2) is 13.2 Å². The van der Waals surface area contributed by atoms with Crippen molar-refractivity contribution in [1.82, 2.24) is 0 Å². The van der Waals surface area contributed by atoms with Gasteiger partial charge in [-0.05, 0) is 30.4 Å². The molecular weight excluding hydrogens is 182 g/mol. The van der Waals surface area contributed by atoms with E-state index in [4.69, 9.17) is 10.5 Å². The van der Waals surface area contributed by atoms with Crippen molar-refractivity contribution < 1.29 is 4.74 Å². The number of nitrogens with two attached hydrogens (primary N) is 1. The summed E-state index contributed by atoms with van der Waals surface area (Å²) in [5.41, 5.74) is 7.48. The fourth-order valence-corrected chi connectivity index (χ4v) is 2.59. The van der Waals surface area contributed by atoms with Crippen LogP contribution in [0.4, 0.5) is 0 Å². The molecule has 1 aliphatic heterocycles. The van der Waals surface area contributed by atoms with Crippen LogP contribution >= 0.6 is 11.3 Å². The van der Waals surface area contributed by atoms with E-state index < -0.39 is 0 Å². The third kappa shape index (κ3) is 1.77.